The van der Waals surface area contributed by atoms with E-state index in [4.69, 9.17) is 28.1 Å². The van der Waals surface area contributed by atoms with Crippen LogP contribution in [0.4, 0.5) is 0 Å². The van der Waals surface area contributed by atoms with Gasteiger partial charge in [-0.2, -0.15) is 0 Å². The molecule has 0 unspecified atom stereocenters. The summed E-state index contributed by atoms with van der Waals surface area (Å²) >= 11 is 0. The zero-order valence-electron chi connectivity index (χ0n) is 23.1. The quantitative estimate of drug-likeness (QED) is 0.112. The SMILES string of the molecule is COc1cccc(C=C2Oc3cc(OC(=O)c4c(C)oc5ccc(OCc6ccccc6)cc45)ccc3C2=O)c1OC. The highest BCUT2D eigenvalue weighted by Gasteiger charge is 2.29. The molecule has 0 fully saturated rings. The number of Topliss-reactive ketones (excluding diaryl/α,β-unsaturated/α-hetero) is 1. The maximum absolute atomic E-state index is 13.3. The molecule has 1 aliphatic heterocycles. The van der Waals surface area contributed by atoms with Crippen LogP contribution in [0.1, 0.15) is 37.6 Å². The number of hydrogen-bond acceptors (Lipinski definition) is 8. The van der Waals surface area contributed by atoms with Crippen LogP contribution in [0.15, 0.2) is 95.1 Å². The molecule has 0 bridgehead atoms. The van der Waals surface area contributed by atoms with Gasteiger partial charge in [0.05, 0.1) is 19.8 Å². The molecule has 8 nitrogen and oxygen atoms in total. The first-order chi connectivity index (χ1) is 20.4. The lowest BCUT2D eigenvalue weighted by molar-refractivity contribution is 0.0734. The lowest BCUT2D eigenvalue weighted by Gasteiger charge is -2.10. The molecule has 0 spiro atoms. The van der Waals surface area contributed by atoms with E-state index in [0.29, 0.717) is 57.3 Å². The Hall–Kier alpha value is -5.50. The maximum Gasteiger partial charge on any atom is 0.347 e. The van der Waals surface area contributed by atoms with Crippen LogP contribution >= 0.6 is 0 Å². The number of benzene rings is 4. The summed E-state index contributed by atoms with van der Waals surface area (Å²) in [6.45, 7) is 2.09. The number of methoxy groups -OCH3 is 2. The van der Waals surface area contributed by atoms with Crippen LogP contribution in [0, 0.1) is 6.92 Å². The number of rotatable bonds is 8. The lowest BCUT2D eigenvalue weighted by atomic mass is 10.1. The minimum atomic E-state index is -0.604. The smallest absolute Gasteiger partial charge is 0.347 e. The summed E-state index contributed by atoms with van der Waals surface area (Å²) in [5, 5.41) is 0.577. The summed E-state index contributed by atoms with van der Waals surface area (Å²) in [4.78, 5) is 26.4. The minimum Gasteiger partial charge on any atom is -0.493 e. The maximum atomic E-state index is 13.3. The van der Waals surface area contributed by atoms with E-state index in [0.717, 1.165) is 5.56 Å². The zero-order chi connectivity index (χ0) is 29.2. The third-order valence-electron chi connectivity index (χ3n) is 6.86. The second kappa shape index (κ2) is 11.2. The highest BCUT2D eigenvalue weighted by molar-refractivity contribution is 6.15. The zero-order valence-corrected chi connectivity index (χ0v) is 23.1. The van der Waals surface area contributed by atoms with Gasteiger partial charge >= 0.3 is 5.97 Å². The highest BCUT2D eigenvalue weighted by atomic mass is 16.5. The molecule has 0 radical (unpaired) electrons. The number of carbonyl (C=O) groups excluding carboxylic acids is 2. The molecule has 0 saturated heterocycles. The van der Waals surface area contributed by atoms with Gasteiger partial charge in [-0.3, -0.25) is 4.79 Å². The molecule has 6 rings (SSSR count). The molecule has 1 aliphatic rings. The van der Waals surface area contributed by atoms with Gasteiger partial charge in [0.25, 0.3) is 0 Å². The Morgan fingerprint density at radius 3 is 2.48 bits per heavy atom. The first-order valence-electron chi connectivity index (χ1n) is 13.2. The predicted molar refractivity (Wildman–Crippen MR) is 156 cm³/mol. The molecule has 0 saturated carbocycles. The van der Waals surface area contributed by atoms with Gasteiger partial charge in [0.15, 0.2) is 17.3 Å². The average molecular weight is 563 g/mol. The number of ether oxygens (including phenoxy) is 5. The summed E-state index contributed by atoms with van der Waals surface area (Å²) in [5.74, 6) is 1.73. The summed E-state index contributed by atoms with van der Waals surface area (Å²) in [6.07, 6.45) is 1.59. The second-order valence-electron chi connectivity index (χ2n) is 9.54. The Labute approximate surface area is 241 Å². The molecule has 0 N–H and O–H groups in total. The molecular weight excluding hydrogens is 536 g/mol. The van der Waals surface area contributed by atoms with Gasteiger partial charge < -0.3 is 28.1 Å². The van der Waals surface area contributed by atoms with Crippen LogP contribution in [0.3, 0.4) is 0 Å². The van der Waals surface area contributed by atoms with Crippen molar-refractivity contribution in [3.8, 4) is 28.7 Å². The first kappa shape index (κ1) is 26.7. The summed E-state index contributed by atoms with van der Waals surface area (Å²) in [5.41, 5.74) is 2.83. The van der Waals surface area contributed by atoms with Crippen molar-refractivity contribution in [3.05, 3.63) is 119 Å². The van der Waals surface area contributed by atoms with E-state index in [1.807, 2.05) is 30.3 Å². The van der Waals surface area contributed by atoms with Gasteiger partial charge in [-0.05, 0) is 55.0 Å². The van der Waals surface area contributed by atoms with Crippen molar-refractivity contribution < 1.29 is 37.7 Å². The molecule has 2 heterocycles. The van der Waals surface area contributed by atoms with Crippen LogP contribution in [0.5, 0.6) is 28.7 Å². The molecule has 210 valence electrons. The number of carbonyl (C=O) groups is 2. The topological polar surface area (TPSA) is 93.4 Å². The van der Waals surface area contributed by atoms with Crippen molar-refractivity contribution in [1.29, 1.82) is 0 Å². The van der Waals surface area contributed by atoms with Gasteiger partial charge in [-0.15, -0.1) is 0 Å². The molecule has 0 atom stereocenters. The van der Waals surface area contributed by atoms with E-state index in [2.05, 4.69) is 0 Å². The molecule has 5 aromatic rings. The molecular formula is C34H26O8. The Morgan fingerprint density at radius 2 is 1.69 bits per heavy atom. The van der Waals surface area contributed by atoms with Crippen molar-refractivity contribution in [2.45, 2.75) is 13.5 Å². The Morgan fingerprint density at radius 1 is 0.881 bits per heavy atom. The Bertz CT molecular complexity index is 1850. The van der Waals surface area contributed by atoms with Gasteiger partial charge in [0.2, 0.25) is 5.78 Å². The number of aryl methyl sites for hydroxylation is 1. The van der Waals surface area contributed by atoms with Gasteiger partial charge in [0, 0.05) is 17.0 Å². The fourth-order valence-electron chi connectivity index (χ4n) is 4.84. The van der Waals surface area contributed by atoms with Crippen LogP contribution in [-0.4, -0.2) is 26.0 Å². The third kappa shape index (κ3) is 5.06. The fraction of sp³-hybridized carbons (Fsp3) is 0.118. The Balaban J connectivity index is 1.22. The van der Waals surface area contributed by atoms with Crippen molar-refractivity contribution in [1.82, 2.24) is 0 Å². The van der Waals surface area contributed by atoms with E-state index in [9.17, 15) is 9.59 Å². The van der Waals surface area contributed by atoms with Crippen molar-refractivity contribution in [3.63, 3.8) is 0 Å². The molecule has 1 aromatic heterocycles. The van der Waals surface area contributed by atoms with E-state index in [1.54, 1.807) is 61.5 Å². The van der Waals surface area contributed by atoms with Crippen molar-refractivity contribution in [2.24, 2.45) is 0 Å². The molecule has 0 aliphatic carbocycles. The van der Waals surface area contributed by atoms with E-state index < -0.39 is 5.97 Å². The van der Waals surface area contributed by atoms with Crippen LogP contribution in [0.25, 0.3) is 17.0 Å². The third-order valence-corrected chi connectivity index (χ3v) is 6.86. The number of para-hydroxylation sites is 1. The van der Waals surface area contributed by atoms with Gasteiger partial charge in [0.1, 0.15) is 40.8 Å². The average Bonchev–Trinajstić information content (AvgIpc) is 3.50. The Kier molecular flexibility index (Phi) is 7.10. The van der Waals surface area contributed by atoms with Crippen molar-refractivity contribution >= 4 is 28.8 Å². The molecule has 4 aromatic carbocycles. The van der Waals surface area contributed by atoms with Crippen LogP contribution in [-0.2, 0) is 6.61 Å². The van der Waals surface area contributed by atoms with Crippen LogP contribution in [0.2, 0.25) is 0 Å². The number of allylic oxidation sites excluding steroid dienone is 1. The number of furan rings is 1. The number of fused-ring (bicyclic) bond motifs is 2. The van der Waals surface area contributed by atoms with E-state index in [-0.39, 0.29) is 23.0 Å². The van der Waals surface area contributed by atoms with Crippen LogP contribution < -0.4 is 23.7 Å². The lowest BCUT2D eigenvalue weighted by Crippen LogP contribution is -2.09. The predicted octanol–water partition coefficient (Wildman–Crippen LogP) is 7.17. The van der Waals surface area contributed by atoms with E-state index >= 15 is 0 Å². The fourth-order valence-corrected chi connectivity index (χ4v) is 4.84. The number of ketones is 1. The standard InChI is InChI=1S/C34H26O8/c1-20-31(26-17-23(13-15-27(26)40-20)39-19-21-8-5-4-6-9-21)34(36)41-24-12-14-25-29(18-24)42-30(32(25)35)16-22-10-7-11-28(37-2)33(22)38-3/h4-18H,19H2,1-3H3. The summed E-state index contributed by atoms with van der Waals surface area (Å²) < 4.78 is 34.1. The highest BCUT2D eigenvalue weighted by Crippen LogP contribution is 2.38. The molecule has 0 amide bonds. The molecule has 42 heavy (non-hydrogen) atoms. The number of esters is 1. The molecule has 8 heteroatoms. The van der Waals surface area contributed by atoms with Gasteiger partial charge in [-0.25, -0.2) is 4.79 Å². The van der Waals surface area contributed by atoms with Gasteiger partial charge in [-0.1, -0.05) is 42.5 Å². The summed E-state index contributed by atoms with van der Waals surface area (Å²) in [6, 6.07) is 25.1. The first-order valence-corrected chi connectivity index (χ1v) is 13.2. The second-order valence-corrected chi connectivity index (χ2v) is 9.54. The van der Waals surface area contributed by atoms with Crippen molar-refractivity contribution in [2.75, 3.05) is 14.2 Å². The summed E-state index contributed by atoms with van der Waals surface area (Å²) in [7, 11) is 3.06. The minimum absolute atomic E-state index is 0.111. The normalized spacial score (nSPS) is 13.1. The number of hydrogen-bond donors (Lipinski definition) is 0. The largest absolute Gasteiger partial charge is 0.493 e. The monoisotopic (exact) mass is 562 g/mol. The van der Waals surface area contributed by atoms with E-state index in [1.165, 1.54) is 20.3 Å².